The molecule has 7 N–H and O–H groups in total. The lowest BCUT2D eigenvalue weighted by atomic mass is 10.1. The molecule has 0 atom stereocenters. The van der Waals surface area contributed by atoms with Crippen LogP contribution in [0.15, 0.2) is 12.2 Å². The van der Waals surface area contributed by atoms with Crippen molar-refractivity contribution < 1.29 is 4.79 Å². The number of hydrogen-bond donors (Lipinski definition) is 6. The highest BCUT2D eigenvalue weighted by Crippen LogP contribution is 2.09. The Morgan fingerprint density at radius 1 is 0.571 bits per heavy atom. The summed E-state index contributed by atoms with van der Waals surface area (Å²) in [5.41, 5.74) is 5.43. The molecule has 0 aliphatic heterocycles. The molecule has 0 bridgehead atoms. The monoisotopic (exact) mass is 496 g/mol. The van der Waals surface area contributed by atoms with E-state index in [9.17, 15) is 4.79 Å². The van der Waals surface area contributed by atoms with Gasteiger partial charge in [-0.05, 0) is 32.1 Å². The Labute approximate surface area is 217 Å². The smallest absolute Gasteiger partial charge is 0.220 e. The molecule has 0 heterocycles. The van der Waals surface area contributed by atoms with E-state index in [4.69, 9.17) is 5.73 Å². The van der Waals surface area contributed by atoms with E-state index in [0.717, 1.165) is 65.2 Å². The fourth-order valence-corrected chi connectivity index (χ4v) is 3.87. The number of unbranched alkanes of at least 4 members (excludes halogenated alkanes) is 11. The lowest BCUT2D eigenvalue weighted by molar-refractivity contribution is -0.121. The summed E-state index contributed by atoms with van der Waals surface area (Å²) in [7, 11) is 0. The number of carbonyl (C=O) groups excluding carboxylic acids is 1. The zero-order valence-electron chi connectivity index (χ0n) is 23.1. The summed E-state index contributed by atoms with van der Waals surface area (Å²) >= 11 is 0. The molecular weight excluding hydrogens is 436 g/mol. The van der Waals surface area contributed by atoms with Gasteiger partial charge in [-0.2, -0.15) is 0 Å². The number of rotatable bonds is 29. The number of amides is 1. The Hall–Kier alpha value is -0.990. The minimum atomic E-state index is 0.189. The molecule has 0 rings (SSSR count). The summed E-state index contributed by atoms with van der Waals surface area (Å²) in [6, 6.07) is 0. The van der Waals surface area contributed by atoms with Crippen LogP contribution in [0.4, 0.5) is 0 Å². The van der Waals surface area contributed by atoms with Gasteiger partial charge >= 0.3 is 0 Å². The van der Waals surface area contributed by atoms with Gasteiger partial charge in [0, 0.05) is 71.9 Å². The molecule has 0 saturated heterocycles. The van der Waals surface area contributed by atoms with Crippen LogP contribution in [-0.4, -0.2) is 71.4 Å². The largest absolute Gasteiger partial charge is 0.355 e. The maximum Gasteiger partial charge on any atom is 0.220 e. The zero-order chi connectivity index (χ0) is 25.5. The minimum absolute atomic E-state index is 0.189. The third-order valence-corrected chi connectivity index (χ3v) is 6.05. The first kappa shape index (κ1) is 34.0. The van der Waals surface area contributed by atoms with Crippen LogP contribution < -0.4 is 32.3 Å². The summed E-state index contributed by atoms with van der Waals surface area (Å²) < 4.78 is 0. The van der Waals surface area contributed by atoms with Crippen LogP contribution in [0.2, 0.25) is 0 Å². The van der Waals surface area contributed by atoms with Gasteiger partial charge in [0.25, 0.3) is 0 Å². The number of nitrogens with one attached hydrogen (secondary N) is 5. The first-order chi connectivity index (χ1) is 17.3. The topological polar surface area (TPSA) is 103 Å². The van der Waals surface area contributed by atoms with Crippen molar-refractivity contribution >= 4 is 5.91 Å². The van der Waals surface area contributed by atoms with Gasteiger partial charge in [-0.1, -0.05) is 70.4 Å². The van der Waals surface area contributed by atoms with Gasteiger partial charge in [0.2, 0.25) is 5.91 Å². The molecular formula is C28H60N6O. The lowest BCUT2D eigenvalue weighted by Gasteiger charge is -2.09. The summed E-state index contributed by atoms with van der Waals surface area (Å²) in [4.78, 5) is 11.9. The highest BCUT2D eigenvalue weighted by Gasteiger charge is 2.00. The summed E-state index contributed by atoms with van der Waals surface area (Å²) in [5.74, 6) is 0.189. The van der Waals surface area contributed by atoms with Crippen molar-refractivity contribution in [3.8, 4) is 0 Å². The highest BCUT2D eigenvalue weighted by atomic mass is 16.1. The Balaban J connectivity index is 3.19. The van der Waals surface area contributed by atoms with E-state index in [1.807, 2.05) is 0 Å². The molecule has 7 nitrogen and oxygen atoms in total. The lowest BCUT2D eigenvalue weighted by Crippen LogP contribution is -2.37. The van der Waals surface area contributed by atoms with E-state index in [2.05, 4.69) is 45.7 Å². The SMILES string of the molecule is CCCCCCCC/C=C\CCCCCCCC(=O)NCCNCCNCCNCCNCCN. The average molecular weight is 497 g/mol. The van der Waals surface area contributed by atoms with E-state index in [0.29, 0.717) is 19.5 Å². The van der Waals surface area contributed by atoms with Crippen molar-refractivity contribution in [2.75, 3.05) is 65.4 Å². The van der Waals surface area contributed by atoms with E-state index in [1.165, 1.54) is 70.6 Å². The van der Waals surface area contributed by atoms with Crippen LogP contribution in [0.5, 0.6) is 0 Å². The number of allylic oxidation sites excluding steroid dienone is 2. The van der Waals surface area contributed by atoms with E-state index >= 15 is 0 Å². The van der Waals surface area contributed by atoms with Crippen LogP contribution in [-0.2, 0) is 4.79 Å². The molecule has 7 heteroatoms. The van der Waals surface area contributed by atoms with Crippen molar-refractivity contribution in [2.45, 2.75) is 96.8 Å². The number of nitrogens with two attached hydrogens (primary N) is 1. The quantitative estimate of drug-likeness (QED) is 0.0700. The Morgan fingerprint density at radius 2 is 1.00 bits per heavy atom. The second-order valence-corrected chi connectivity index (χ2v) is 9.47. The molecule has 0 aromatic carbocycles. The molecule has 0 unspecified atom stereocenters. The molecule has 0 saturated carbocycles. The highest BCUT2D eigenvalue weighted by molar-refractivity contribution is 5.75. The van der Waals surface area contributed by atoms with Crippen LogP contribution in [0.1, 0.15) is 96.8 Å². The predicted octanol–water partition coefficient (Wildman–Crippen LogP) is 3.46. The van der Waals surface area contributed by atoms with Crippen molar-refractivity contribution in [1.29, 1.82) is 0 Å². The molecule has 0 aliphatic rings. The van der Waals surface area contributed by atoms with E-state index < -0.39 is 0 Å². The van der Waals surface area contributed by atoms with Crippen LogP contribution >= 0.6 is 0 Å². The average Bonchev–Trinajstić information content (AvgIpc) is 2.86. The van der Waals surface area contributed by atoms with Gasteiger partial charge in [-0.3, -0.25) is 4.79 Å². The van der Waals surface area contributed by atoms with E-state index in [1.54, 1.807) is 0 Å². The Kier molecular flexibility index (Phi) is 30.2. The maximum atomic E-state index is 11.9. The fourth-order valence-electron chi connectivity index (χ4n) is 3.87. The van der Waals surface area contributed by atoms with Crippen molar-refractivity contribution in [3.63, 3.8) is 0 Å². The standard InChI is InChI=1S/C28H60N6O/c1-2-3-4-5-6-7-8-9-10-11-12-13-14-15-16-17-28(35)34-27-26-33-25-24-32-23-22-31-21-20-30-19-18-29/h9-10,30-33H,2-8,11-27,29H2,1H3,(H,34,35)/b10-9-. The van der Waals surface area contributed by atoms with Crippen LogP contribution in [0, 0.1) is 0 Å². The molecule has 0 aliphatic carbocycles. The predicted molar refractivity (Wildman–Crippen MR) is 153 cm³/mol. The number of carbonyl (C=O) groups is 1. The molecule has 0 spiro atoms. The minimum Gasteiger partial charge on any atom is -0.355 e. The molecule has 0 aromatic rings. The third-order valence-electron chi connectivity index (χ3n) is 6.05. The van der Waals surface area contributed by atoms with Gasteiger partial charge in [0.05, 0.1) is 0 Å². The van der Waals surface area contributed by atoms with E-state index in [-0.39, 0.29) is 5.91 Å². The maximum absolute atomic E-state index is 11.9. The molecule has 0 aromatic heterocycles. The molecule has 0 radical (unpaired) electrons. The van der Waals surface area contributed by atoms with Crippen molar-refractivity contribution in [1.82, 2.24) is 26.6 Å². The first-order valence-electron chi connectivity index (χ1n) is 14.8. The molecule has 35 heavy (non-hydrogen) atoms. The Bertz CT molecular complexity index is 447. The van der Waals surface area contributed by atoms with Crippen molar-refractivity contribution in [3.05, 3.63) is 12.2 Å². The Morgan fingerprint density at radius 3 is 1.51 bits per heavy atom. The molecule has 0 fully saturated rings. The fraction of sp³-hybridized carbons (Fsp3) is 0.893. The zero-order valence-corrected chi connectivity index (χ0v) is 23.1. The van der Waals surface area contributed by atoms with Crippen molar-refractivity contribution in [2.24, 2.45) is 5.73 Å². The molecule has 1 amide bonds. The normalized spacial score (nSPS) is 11.5. The summed E-state index contributed by atoms with van der Waals surface area (Å²) in [6.07, 6.45) is 22.1. The first-order valence-corrected chi connectivity index (χ1v) is 14.8. The third kappa shape index (κ3) is 31.0. The summed E-state index contributed by atoms with van der Waals surface area (Å²) in [5, 5.41) is 16.4. The van der Waals surface area contributed by atoms with Gasteiger partial charge in [0.1, 0.15) is 0 Å². The second kappa shape index (κ2) is 31.0. The molecule has 208 valence electrons. The van der Waals surface area contributed by atoms with Crippen LogP contribution in [0.3, 0.4) is 0 Å². The van der Waals surface area contributed by atoms with Gasteiger partial charge in [-0.25, -0.2) is 0 Å². The van der Waals surface area contributed by atoms with Crippen LogP contribution in [0.25, 0.3) is 0 Å². The van der Waals surface area contributed by atoms with Gasteiger partial charge < -0.3 is 32.3 Å². The summed E-state index contributed by atoms with van der Waals surface area (Å²) in [6.45, 7) is 11.1. The van der Waals surface area contributed by atoms with Gasteiger partial charge in [0.15, 0.2) is 0 Å². The van der Waals surface area contributed by atoms with Gasteiger partial charge in [-0.15, -0.1) is 0 Å². The number of hydrogen-bond acceptors (Lipinski definition) is 6. The second-order valence-electron chi connectivity index (χ2n) is 9.47.